The van der Waals surface area contributed by atoms with Crippen LogP contribution in [0, 0.1) is 5.92 Å². The molecule has 2 heterocycles. The summed E-state index contributed by atoms with van der Waals surface area (Å²) in [5.74, 6) is 1.05. The highest BCUT2D eigenvalue weighted by Crippen LogP contribution is 2.28. The van der Waals surface area contributed by atoms with Crippen molar-refractivity contribution in [3.05, 3.63) is 17.9 Å². The van der Waals surface area contributed by atoms with Crippen molar-refractivity contribution in [2.75, 3.05) is 6.54 Å². The van der Waals surface area contributed by atoms with Crippen LogP contribution >= 0.6 is 0 Å². The van der Waals surface area contributed by atoms with Crippen LogP contribution in [0.2, 0.25) is 0 Å². The van der Waals surface area contributed by atoms with Crippen molar-refractivity contribution in [1.82, 2.24) is 9.62 Å². The van der Waals surface area contributed by atoms with Crippen LogP contribution in [0.1, 0.15) is 46.3 Å². The molecule has 0 spiro atoms. The van der Waals surface area contributed by atoms with Crippen LogP contribution in [0.4, 0.5) is 0 Å². The Kier molecular flexibility index (Phi) is 5.11. The standard InChI is InChI=1S/C15H26N2O3S/c1-11(2)16-9-14-7-8-15(20-14)21(18,19)17-10-12(3)5-6-13(17)4/h7-8,11-13,16H,5-6,9-10H2,1-4H3. The lowest BCUT2D eigenvalue weighted by Gasteiger charge is -2.34. The lowest BCUT2D eigenvalue weighted by molar-refractivity contribution is 0.213. The highest BCUT2D eigenvalue weighted by molar-refractivity contribution is 7.89. The molecule has 1 N–H and O–H groups in total. The summed E-state index contributed by atoms with van der Waals surface area (Å²) in [7, 11) is -3.52. The largest absolute Gasteiger partial charge is 0.447 e. The van der Waals surface area contributed by atoms with E-state index in [0.717, 1.165) is 12.8 Å². The number of furan rings is 1. The highest BCUT2D eigenvalue weighted by atomic mass is 32.2. The van der Waals surface area contributed by atoms with Gasteiger partial charge in [-0.2, -0.15) is 4.31 Å². The van der Waals surface area contributed by atoms with E-state index in [4.69, 9.17) is 4.42 Å². The summed E-state index contributed by atoms with van der Waals surface area (Å²) < 4.78 is 32.5. The Bertz CT molecular complexity index is 565. The van der Waals surface area contributed by atoms with Crippen molar-refractivity contribution in [2.45, 2.75) is 64.3 Å². The van der Waals surface area contributed by atoms with Gasteiger partial charge in [0.25, 0.3) is 10.0 Å². The number of piperidine rings is 1. The first-order chi connectivity index (χ1) is 9.80. The van der Waals surface area contributed by atoms with Gasteiger partial charge in [0.1, 0.15) is 5.76 Å². The fraction of sp³-hybridized carbons (Fsp3) is 0.733. The molecule has 0 saturated carbocycles. The maximum absolute atomic E-state index is 12.7. The second kappa shape index (κ2) is 6.50. The molecule has 2 rings (SSSR count). The summed E-state index contributed by atoms with van der Waals surface area (Å²) in [4.78, 5) is 0. The average molecular weight is 314 g/mol. The van der Waals surface area contributed by atoms with Crippen molar-refractivity contribution in [3.8, 4) is 0 Å². The van der Waals surface area contributed by atoms with Gasteiger partial charge in [-0.1, -0.05) is 20.8 Å². The normalized spacial score (nSPS) is 24.6. The van der Waals surface area contributed by atoms with E-state index < -0.39 is 10.0 Å². The predicted octanol–water partition coefficient (Wildman–Crippen LogP) is 2.59. The van der Waals surface area contributed by atoms with Crippen LogP contribution in [-0.4, -0.2) is 31.4 Å². The van der Waals surface area contributed by atoms with Crippen molar-refractivity contribution in [1.29, 1.82) is 0 Å². The zero-order valence-corrected chi connectivity index (χ0v) is 14.1. The minimum absolute atomic E-state index is 0.0357. The monoisotopic (exact) mass is 314 g/mol. The maximum Gasteiger partial charge on any atom is 0.276 e. The first kappa shape index (κ1) is 16.5. The van der Waals surface area contributed by atoms with Crippen LogP contribution in [-0.2, 0) is 16.6 Å². The summed E-state index contributed by atoms with van der Waals surface area (Å²) >= 11 is 0. The third-order valence-electron chi connectivity index (χ3n) is 3.94. The molecule has 0 bridgehead atoms. The second-order valence-electron chi connectivity index (χ2n) is 6.36. The van der Waals surface area contributed by atoms with Crippen molar-refractivity contribution >= 4 is 10.0 Å². The Morgan fingerprint density at radius 3 is 2.71 bits per heavy atom. The maximum atomic E-state index is 12.7. The predicted molar refractivity (Wildman–Crippen MR) is 82.4 cm³/mol. The van der Waals surface area contributed by atoms with Gasteiger partial charge < -0.3 is 9.73 Å². The van der Waals surface area contributed by atoms with Gasteiger partial charge in [0, 0.05) is 18.6 Å². The van der Waals surface area contributed by atoms with E-state index >= 15 is 0 Å². The first-order valence-electron chi connectivity index (χ1n) is 7.64. The highest BCUT2D eigenvalue weighted by Gasteiger charge is 2.35. The van der Waals surface area contributed by atoms with Gasteiger partial charge in [-0.15, -0.1) is 0 Å². The first-order valence-corrected chi connectivity index (χ1v) is 9.08. The van der Waals surface area contributed by atoms with E-state index in [-0.39, 0.29) is 11.1 Å². The van der Waals surface area contributed by atoms with E-state index in [1.165, 1.54) is 0 Å². The molecule has 0 radical (unpaired) electrons. The van der Waals surface area contributed by atoms with Gasteiger partial charge >= 0.3 is 0 Å². The molecular formula is C15H26N2O3S. The van der Waals surface area contributed by atoms with Gasteiger partial charge in [-0.25, -0.2) is 8.42 Å². The molecule has 2 atom stereocenters. The van der Waals surface area contributed by atoms with Crippen molar-refractivity contribution in [3.63, 3.8) is 0 Å². The van der Waals surface area contributed by atoms with E-state index in [9.17, 15) is 8.42 Å². The number of nitrogens with zero attached hydrogens (tertiary/aromatic N) is 1. The number of sulfonamides is 1. The van der Waals surface area contributed by atoms with Gasteiger partial charge in [-0.05, 0) is 37.8 Å². The summed E-state index contributed by atoms with van der Waals surface area (Å²) in [6.07, 6.45) is 1.98. The van der Waals surface area contributed by atoms with E-state index in [0.29, 0.717) is 30.8 Å². The molecule has 1 fully saturated rings. The molecule has 1 aromatic rings. The fourth-order valence-electron chi connectivity index (χ4n) is 2.60. The fourth-order valence-corrected chi connectivity index (χ4v) is 4.31. The third-order valence-corrected chi connectivity index (χ3v) is 5.80. The van der Waals surface area contributed by atoms with E-state index in [1.54, 1.807) is 16.4 Å². The molecule has 0 amide bonds. The Balaban J connectivity index is 2.15. The zero-order chi connectivity index (χ0) is 15.6. The van der Waals surface area contributed by atoms with Crippen molar-refractivity contribution < 1.29 is 12.8 Å². The van der Waals surface area contributed by atoms with Crippen LogP contribution < -0.4 is 5.32 Å². The van der Waals surface area contributed by atoms with Gasteiger partial charge in [0.15, 0.2) is 0 Å². The zero-order valence-electron chi connectivity index (χ0n) is 13.3. The van der Waals surface area contributed by atoms with Gasteiger partial charge in [0.2, 0.25) is 5.09 Å². The molecule has 1 aliphatic rings. The lowest BCUT2D eigenvalue weighted by atomic mass is 9.97. The molecule has 1 aromatic heterocycles. The number of nitrogens with one attached hydrogen (secondary N) is 1. The van der Waals surface area contributed by atoms with E-state index in [2.05, 4.69) is 12.2 Å². The molecule has 6 heteroatoms. The SMILES string of the molecule is CC1CCC(C)N(S(=O)(=O)c2ccc(CNC(C)C)o2)C1. The number of hydrogen-bond donors (Lipinski definition) is 1. The summed E-state index contributed by atoms with van der Waals surface area (Å²) in [5, 5.41) is 3.28. The summed E-state index contributed by atoms with van der Waals surface area (Å²) in [6, 6.07) is 3.67. The van der Waals surface area contributed by atoms with Crippen LogP contribution in [0.25, 0.3) is 0 Å². The van der Waals surface area contributed by atoms with Crippen LogP contribution in [0.3, 0.4) is 0 Å². The van der Waals surface area contributed by atoms with Crippen LogP contribution in [0.5, 0.6) is 0 Å². The van der Waals surface area contributed by atoms with Gasteiger partial charge in [-0.3, -0.25) is 0 Å². The molecule has 1 aliphatic heterocycles. The topological polar surface area (TPSA) is 62.6 Å². The third kappa shape index (κ3) is 3.87. The Labute approximate surface area is 127 Å². The molecule has 2 unspecified atom stereocenters. The molecule has 5 nitrogen and oxygen atoms in total. The molecule has 0 aliphatic carbocycles. The number of rotatable bonds is 5. The summed E-state index contributed by atoms with van der Waals surface area (Å²) in [5.41, 5.74) is 0. The molecular weight excluding hydrogens is 288 g/mol. The lowest BCUT2D eigenvalue weighted by Crippen LogP contribution is -2.44. The van der Waals surface area contributed by atoms with Gasteiger partial charge in [0.05, 0.1) is 6.54 Å². The average Bonchev–Trinajstić information content (AvgIpc) is 2.88. The number of hydrogen-bond acceptors (Lipinski definition) is 4. The molecule has 120 valence electrons. The summed E-state index contributed by atoms with van der Waals surface area (Å²) in [6.45, 7) is 9.25. The molecule has 21 heavy (non-hydrogen) atoms. The smallest absolute Gasteiger partial charge is 0.276 e. The van der Waals surface area contributed by atoms with Crippen LogP contribution in [0.15, 0.2) is 21.6 Å². The Morgan fingerprint density at radius 1 is 1.33 bits per heavy atom. The van der Waals surface area contributed by atoms with E-state index in [1.807, 2.05) is 20.8 Å². The minimum Gasteiger partial charge on any atom is -0.447 e. The molecule has 0 aromatic carbocycles. The quantitative estimate of drug-likeness (QED) is 0.907. The Morgan fingerprint density at radius 2 is 2.05 bits per heavy atom. The molecule has 1 saturated heterocycles. The second-order valence-corrected chi connectivity index (χ2v) is 8.18. The minimum atomic E-state index is -3.52. The van der Waals surface area contributed by atoms with Crippen molar-refractivity contribution in [2.24, 2.45) is 5.92 Å². The Hall–Kier alpha value is -0.850.